The molecule has 0 aliphatic carbocycles. The Bertz CT molecular complexity index is 931. The summed E-state index contributed by atoms with van der Waals surface area (Å²) >= 11 is 3.32. The summed E-state index contributed by atoms with van der Waals surface area (Å²) in [7, 11) is 0. The topological polar surface area (TPSA) is 38.1 Å². The molecule has 1 aromatic carbocycles. The Morgan fingerprint density at radius 3 is 3.08 bits per heavy atom. The van der Waals surface area contributed by atoms with Crippen molar-refractivity contribution in [2.24, 2.45) is 0 Å². The van der Waals surface area contributed by atoms with Gasteiger partial charge in [-0.3, -0.25) is 9.36 Å². The number of carbonyl (C=O) groups is 1. The van der Waals surface area contributed by atoms with Crippen molar-refractivity contribution in [1.29, 1.82) is 0 Å². The van der Waals surface area contributed by atoms with Crippen LogP contribution in [0.5, 0.6) is 0 Å². The van der Waals surface area contributed by atoms with Crippen molar-refractivity contribution in [2.45, 2.75) is 37.2 Å². The fourth-order valence-electron chi connectivity index (χ4n) is 3.25. The van der Waals surface area contributed by atoms with Crippen molar-refractivity contribution in [3.8, 4) is 5.69 Å². The van der Waals surface area contributed by atoms with E-state index >= 15 is 0 Å². The van der Waals surface area contributed by atoms with E-state index in [1.807, 2.05) is 24.1 Å². The van der Waals surface area contributed by atoms with E-state index in [9.17, 15) is 4.79 Å². The molecule has 1 unspecified atom stereocenters. The second-order valence-electron chi connectivity index (χ2n) is 6.56. The van der Waals surface area contributed by atoms with Crippen molar-refractivity contribution in [3.05, 3.63) is 64.1 Å². The van der Waals surface area contributed by atoms with Crippen molar-refractivity contribution < 1.29 is 4.79 Å². The molecule has 134 valence electrons. The van der Waals surface area contributed by atoms with Crippen LogP contribution >= 0.6 is 23.1 Å². The Hall–Kier alpha value is -2.05. The lowest BCUT2D eigenvalue weighted by Crippen LogP contribution is -2.39. The molecule has 4 nitrogen and oxygen atoms in total. The summed E-state index contributed by atoms with van der Waals surface area (Å²) in [6, 6.07) is 10.4. The molecule has 0 fully saturated rings. The predicted octanol–water partition coefficient (Wildman–Crippen LogP) is 4.31. The van der Waals surface area contributed by atoms with E-state index in [1.54, 1.807) is 17.5 Å². The number of aryl methyl sites for hydroxylation is 1. The normalized spacial score (nSPS) is 14.9. The number of hydrogen-bond acceptors (Lipinski definition) is 4. The van der Waals surface area contributed by atoms with Gasteiger partial charge in [0.2, 0.25) is 5.91 Å². The van der Waals surface area contributed by atoms with Crippen molar-refractivity contribution in [3.63, 3.8) is 0 Å². The highest BCUT2D eigenvalue weighted by Gasteiger charge is 2.26. The van der Waals surface area contributed by atoms with Gasteiger partial charge in [-0.05, 0) is 55.0 Å². The first-order valence-electron chi connectivity index (χ1n) is 8.73. The lowest BCUT2D eigenvalue weighted by atomic mass is 10.1. The molecule has 6 heteroatoms. The molecular formula is C20H21N3OS2. The molecule has 0 spiro atoms. The summed E-state index contributed by atoms with van der Waals surface area (Å²) in [6.07, 6.45) is 4.71. The Balaban J connectivity index is 1.48. The Morgan fingerprint density at radius 2 is 2.23 bits per heavy atom. The van der Waals surface area contributed by atoms with E-state index in [4.69, 9.17) is 0 Å². The summed E-state index contributed by atoms with van der Waals surface area (Å²) in [4.78, 5) is 20.8. The number of aromatic nitrogens is 2. The number of rotatable bonds is 4. The van der Waals surface area contributed by atoms with Crippen LogP contribution in [0.4, 0.5) is 0 Å². The molecule has 3 aromatic rings. The smallest absolute Gasteiger partial charge is 0.236 e. The molecule has 3 heterocycles. The molecule has 2 aromatic heterocycles. The van der Waals surface area contributed by atoms with Crippen molar-refractivity contribution >= 4 is 29.0 Å². The predicted molar refractivity (Wildman–Crippen MR) is 107 cm³/mol. The number of fused-ring (bicyclic) bond motifs is 1. The highest BCUT2D eigenvalue weighted by molar-refractivity contribution is 8.00. The molecule has 26 heavy (non-hydrogen) atoms. The molecule has 4 rings (SSSR count). The molecular weight excluding hydrogens is 362 g/mol. The van der Waals surface area contributed by atoms with E-state index in [0.717, 1.165) is 30.4 Å². The van der Waals surface area contributed by atoms with Crippen LogP contribution in [-0.4, -0.2) is 32.2 Å². The first-order valence-corrected chi connectivity index (χ1v) is 10.5. The lowest BCUT2D eigenvalue weighted by molar-refractivity contribution is -0.131. The van der Waals surface area contributed by atoms with E-state index in [2.05, 4.69) is 46.1 Å². The fourth-order valence-corrected chi connectivity index (χ4v) is 5.11. The molecule has 1 atom stereocenters. The van der Waals surface area contributed by atoms with E-state index < -0.39 is 0 Å². The van der Waals surface area contributed by atoms with Crippen molar-refractivity contribution in [1.82, 2.24) is 14.5 Å². The molecule has 0 saturated carbocycles. The van der Waals surface area contributed by atoms with Gasteiger partial charge in [0.15, 0.2) is 5.16 Å². The van der Waals surface area contributed by atoms with Gasteiger partial charge in [-0.25, -0.2) is 4.98 Å². The zero-order valence-corrected chi connectivity index (χ0v) is 16.5. The monoisotopic (exact) mass is 383 g/mol. The Morgan fingerprint density at radius 1 is 1.35 bits per heavy atom. The van der Waals surface area contributed by atoms with Crippen LogP contribution in [0.2, 0.25) is 0 Å². The third-order valence-electron chi connectivity index (χ3n) is 4.64. The van der Waals surface area contributed by atoms with Crippen LogP contribution in [0.1, 0.15) is 22.9 Å². The fraction of sp³-hybridized carbons (Fsp3) is 0.300. The maximum atomic E-state index is 12.9. The molecule has 0 bridgehead atoms. The van der Waals surface area contributed by atoms with Gasteiger partial charge in [-0.2, -0.15) is 0 Å². The highest BCUT2D eigenvalue weighted by atomic mass is 32.2. The van der Waals surface area contributed by atoms with Crippen LogP contribution in [0.25, 0.3) is 5.69 Å². The van der Waals surface area contributed by atoms with Gasteiger partial charge in [0.1, 0.15) is 0 Å². The van der Waals surface area contributed by atoms with Crippen LogP contribution in [0.3, 0.4) is 0 Å². The number of imidazole rings is 1. The minimum atomic E-state index is -0.166. The maximum absolute atomic E-state index is 12.9. The number of amides is 1. The van der Waals surface area contributed by atoms with Crippen LogP contribution in [-0.2, 0) is 17.8 Å². The van der Waals surface area contributed by atoms with E-state index in [0.29, 0.717) is 0 Å². The number of benzene rings is 1. The second-order valence-corrected chi connectivity index (χ2v) is 8.87. The zero-order chi connectivity index (χ0) is 18.1. The van der Waals surface area contributed by atoms with Gasteiger partial charge in [-0.1, -0.05) is 23.9 Å². The van der Waals surface area contributed by atoms with Crippen LogP contribution < -0.4 is 0 Å². The summed E-state index contributed by atoms with van der Waals surface area (Å²) < 4.78 is 2.05. The van der Waals surface area contributed by atoms with E-state index in [1.165, 1.54) is 27.8 Å². The number of carbonyl (C=O) groups excluding carboxylic acids is 1. The van der Waals surface area contributed by atoms with Gasteiger partial charge in [-0.15, -0.1) is 11.3 Å². The SMILES string of the molecule is Cc1cccc(-n2ccnc2SC(C)C(=O)N2CCc3sccc3C2)c1. The Kier molecular flexibility index (Phi) is 4.87. The van der Waals surface area contributed by atoms with Gasteiger partial charge in [0.25, 0.3) is 0 Å². The molecule has 0 N–H and O–H groups in total. The van der Waals surface area contributed by atoms with Gasteiger partial charge >= 0.3 is 0 Å². The minimum absolute atomic E-state index is 0.166. The maximum Gasteiger partial charge on any atom is 0.236 e. The Labute approximate surface area is 161 Å². The second kappa shape index (κ2) is 7.29. The third-order valence-corrected chi connectivity index (χ3v) is 6.73. The summed E-state index contributed by atoms with van der Waals surface area (Å²) in [5.41, 5.74) is 3.58. The number of nitrogens with zero attached hydrogens (tertiary/aromatic N) is 3. The number of thiophene rings is 1. The lowest BCUT2D eigenvalue weighted by Gasteiger charge is -2.29. The van der Waals surface area contributed by atoms with Crippen LogP contribution in [0, 0.1) is 6.92 Å². The number of thioether (sulfide) groups is 1. The number of hydrogen-bond donors (Lipinski definition) is 0. The third kappa shape index (κ3) is 3.44. The standard InChI is InChI=1S/C20H21N3OS2/c1-14-4-3-5-17(12-14)23-10-8-21-20(23)26-15(2)19(24)22-9-6-18-16(13-22)7-11-25-18/h3-5,7-8,10-12,15H,6,9,13H2,1-2H3. The quantitative estimate of drug-likeness (QED) is 0.630. The first kappa shape index (κ1) is 17.4. The highest BCUT2D eigenvalue weighted by Crippen LogP contribution is 2.29. The molecule has 0 saturated heterocycles. The molecule has 0 radical (unpaired) electrons. The van der Waals surface area contributed by atoms with E-state index in [-0.39, 0.29) is 11.2 Å². The largest absolute Gasteiger partial charge is 0.337 e. The summed E-state index contributed by atoms with van der Waals surface area (Å²) in [5, 5.41) is 2.81. The first-order chi connectivity index (χ1) is 12.6. The molecule has 1 aliphatic heterocycles. The zero-order valence-electron chi connectivity index (χ0n) is 14.9. The molecule has 1 aliphatic rings. The average molecular weight is 384 g/mol. The summed E-state index contributed by atoms with van der Waals surface area (Å²) in [5.74, 6) is 0.186. The average Bonchev–Trinajstić information content (AvgIpc) is 3.29. The van der Waals surface area contributed by atoms with Gasteiger partial charge < -0.3 is 4.90 Å². The minimum Gasteiger partial charge on any atom is -0.337 e. The summed E-state index contributed by atoms with van der Waals surface area (Å²) in [6.45, 7) is 5.60. The molecule has 1 amide bonds. The van der Waals surface area contributed by atoms with Gasteiger partial charge in [0.05, 0.1) is 5.25 Å². The van der Waals surface area contributed by atoms with Crippen molar-refractivity contribution in [2.75, 3.05) is 6.54 Å². The van der Waals surface area contributed by atoms with Crippen LogP contribution in [0.15, 0.2) is 53.3 Å². The van der Waals surface area contributed by atoms with Gasteiger partial charge in [0, 0.05) is 36.0 Å².